The smallest absolute Gasteiger partial charge is 0.235 e. The molecule has 4 aromatic rings. The van der Waals surface area contributed by atoms with E-state index in [1.807, 2.05) is 38.1 Å². The maximum atomic E-state index is 13.9. The van der Waals surface area contributed by atoms with E-state index in [2.05, 4.69) is 35.7 Å². The van der Waals surface area contributed by atoms with Gasteiger partial charge in [0.25, 0.3) is 0 Å². The Bertz CT molecular complexity index is 1390. The third-order valence-electron chi connectivity index (χ3n) is 7.62. The first-order valence-electron chi connectivity index (χ1n) is 12.9. The summed E-state index contributed by atoms with van der Waals surface area (Å²) in [5.41, 5.74) is 5.62. The highest BCUT2D eigenvalue weighted by molar-refractivity contribution is 5.96. The maximum absolute atomic E-state index is 13.9. The number of carbonyl (C=O) groups excluding carboxylic acids is 1. The average Bonchev–Trinajstić information content (AvgIpc) is 3.85. The number of carbonyl (C=O) groups is 1. The molecule has 2 aliphatic carbocycles. The number of aromatic amines is 2. The van der Waals surface area contributed by atoms with Crippen molar-refractivity contribution in [1.82, 2.24) is 30.4 Å². The van der Waals surface area contributed by atoms with Gasteiger partial charge in [0.2, 0.25) is 5.91 Å². The molecule has 3 N–H and O–H groups in total. The van der Waals surface area contributed by atoms with Crippen molar-refractivity contribution in [3.63, 3.8) is 0 Å². The number of methoxy groups -OCH3 is 1. The minimum absolute atomic E-state index is 0.0481. The van der Waals surface area contributed by atoms with Crippen LogP contribution in [0.3, 0.4) is 0 Å². The molecule has 1 unspecified atom stereocenters. The van der Waals surface area contributed by atoms with Crippen molar-refractivity contribution in [1.29, 1.82) is 0 Å². The minimum atomic E-state index is -0.401. The second-order valence-electron chi connectivity index (χ2n) is 10.2. The molecule has 0 bridgehead atoms. The lowest BCUT2D eigenvalue weighted by Crippen LogP contribution is -2.31. The van der Waals surface area contributed by atoms with Gasteiger partial charge in [0, 0.05) is 29.3 Å². The van der Waals surface area contributed by atoms with E-state index >= 15 is 0 Å². The molecule has 6 rings (SSSR count). The second kappa shape index (κ2) is 9.46. The Labute approximate surface area is 215 Å². The summed E-state index contributed by atoms with van der Waals surface area (Å²) >= 11 is 0. The van der Waals surface area contributed by atoms with Crippen LogP contribution < -0.4 is 10.1 Å². The van der Waals surface area contributed by atoms with Crippen molar-refractivity contribution in [2.24, 2.45) is 17.8 Å². The zero-order chi connectivity index (χ0) is 25.5. The summed E-state index contributed by atoms with van der Waals surface area (Å²) in [7, 11) is 1.61. The van der Waals surface area contributed by atoms with Gasteiger partial charge in [-0.2, -0.15) is 5.10 Å². The number of anilines is 1. The van der Waals surface area contributed by atoms with Crippen molar-refractivity contribution in [2.75, 3.05) is 12.4 Å². The molecule has 190 valence electrons. The van der Waals surface area contributed by atoms with E-state index in [9.17, 15) is 4.79 Å². The number of hydrogen-bond acceptors (Lipinski definition) is 6. The van der Waals surface area contributed by atoms with Gasteiger partial charge < -0.3 is 15.0 Å². The molecular weight excluding hydrogens is 466 g/mol. The molecule has 1 atom stereocenters. The van der Waals surface area contributed by atoms with Crippen LogP contribution in [0.5, 0.6) is 5.75 Å². The average molecular weight is 498 g/mol. The van der Waals surface area contributed by atoms with Gasteiger partial charge in [-0.05, 0) is 81.0 Å². The van der Waals surface area contributed by atoms with Crippen LogP contribution in [0.15, 0.2) is 42.7 Å². The minimum Gasteiger partial charge on any atom is -0.496 e. The molecule has 9 heteroatoms. The van der Waals surface area contributed by atoms with Crippen LogP contribution in [-0.4, -0.2) is 43.4 Å². The van der Waals surface area contributed by atoms with Crippen LogP contribution in [0.25, 0.3) is 22.5 Å². The number of H-pyrrole nitrogens is 2. The summed E-state index contributed by atoms with van der Waals surface area (Å²) < 4.78 is 5.48. The van der Waals surface area contributed by atoms with Crippen LogP contribution in [0, 0.1) is 31.6 Å². The first-order chi connectivity index (χ1) is 18.0. The standard InChI is InChI=1S/C28H31N7O2/c1-15-23(16(2)33-32-15)17-8-10-20(11-9-17)30-28(36)25(24(18-4-5-18)19-6-7-19)27-31-26(34-35-27)21-14-29-13-12-22(21)37-3/h8-14,18-19,24-25H,4-7H2,1-3H3,(H,30,36)(H,32,33)(H,31,34,35). The van der Waals surface area contributed by atoms with Crippen LogP contribution in [0.2, 0.25) is 0 Å². The fourth-order valence-corrected chi connectivity index (χ4v) is 5.56. The molecule has 2 fully saturated rings. The Morgan fingerprint density at radius 2 is 1.78 bits per heavy atom. The summed E-state index contributed by atoms with van der Waals surface area (Å²) in [6.07, 6.45) is 8.04. The molecule has 1 amide bonds. The normalized spacial score (nSPS) is 16.1. The quantitative estimate of drug-likeness (QED) is 0.298. The first kappa shape index (κ1) is 23.4. The molecule has 37 heavy (non-hydrogen) atoms. The molecule has 0 saturated heterocycles. The van der Waals surface area contributed by atoms with Crippen molar-refractivity contribution in [3.8, 4) is 28.3 Å². The van der Waals surface area contributed by atoms with Gasteiger partial charge in [0.1, 0.15) is 17.5 Å². The SMILES string of the molecule is COc1ccncc1-c1nnc(C(C(=O)Nc2ccc(-c3c(C)n[nH]c3C)cc2)C(C2CC2)C2CC2)[nH]1. The lowest BCUT2D eigenvalue weighted by molar-refractivity contribution is -0.119. The highest BCUT2D eigenvalue weighted by atomic mass is 16.5. The molecule has 3 heterocycles. The molecule has 3 aromatic heterocycles. The number of ether oxygens (including phenoxy) is 1. The lowest BCUT2D eigenvalue weighted by Gasteiger charge is -2.24. The number of nitrogens with one attached hydrogen (secondary N) is 3. The van der Waals surface area contributed by atoms with E-state index in [0.29, 0.717) is 29.2 Å². The van der Waals surface area contributed by atoms with Crippen molar-refractivity contribution >= 4 is 11.6 Å². The number of benzene rings is 1. The number of aromatic nitrogens is 6. The zero-order valence-corrected chi connectivity index (χ0v) is 21.3. The lowest BCUT2D eigenvalue weighted by atomic mass is 9.82. The number of pyridine rings is 1. The van der Waals surface area contributed by atoms with Crippen LogP contribution in [0.1, 0.15) is 48.8 Å². The topological polar surface area (TPSA) is 121 Å². The first-order valence-corrected chi connectivity index (χ1v) is 12.9. The Balaban J connectivity index is 1.29. The molecular formula is C28H31N7O2. The van der Waals surface area contributed by atoms with Gasteiger partial charge in [-0.1, -0.05) is 12.1 Å². The van der Waals surface area contributed by atoms with Crippen LogP contribution >= 0.6 is 0 Å². The third kappa shape index (κ3) is 4.61. The van der Waals surface area contributed by atoms with Gasteiger partial charge in [0.05, 0.1) is 18.4 Å². The predicted octanol–water partition coefficient (Wildman–Crippen LogP) is 5.04. The van der Waals surface area contributed by atoms with E-state index < -0.39 is 5.92 Å². The molecule has 2 saturated carbocycles. The van der Waals surface area contributed by atoms with E-state index in [1.54, 1.807) is 25.6 Å². The monoisotopic (exact) mass is 497 g/mol. The van der Waals surface area contributed by atoms with Gasteiger partial charge in [-0.3, -0.25) is 14.9 Å². The largest absolute Gasteiger partial charge is 0.496 e. The Kier molecular flexibility index (Phi) is 5.98. The van der Waals surface area contributed by atoms with Crippen LogP contribution in [0.4, 0.5) is 5.69 Å². The highest BCUT2D eigenvalue weighted by Crippen LogP contribution is 2.54. The fourth-order valence-electron chi connectivity index (χ4n) is 5.56. The summed E-state index contributed by atoms with van der Waals surface area (Å²) in [5.74, 6) is 2.73. The van der Waals surface area contributed by atoms with Crippen molar-refractivity contribution in [3.05, 3.63) is 59.9 Å². The van der Waals surface area contributed by atoms with Crippen molar-refractivity contribution in [2.45, 2.75) is 45.4 Å². The third-order valence-corrected chi connectivity index (χ3v) is 7.62. The second-order valence-corrected chi connectivity index (χ2v) is 10.2. The number of hydrogen-bond donors (Lipinski definition) is 3. The number of amides is 1. The van der Waals surface area contributed by atoms with Crippen LogP contribution in [-0.2, 0) is 4.79 Å². The Morgan fingerprint density at radius 1 is 1.05 bits per heavy atom. The Hall–Kier alpha value is -4.01. The molecule has 9 nitrogen and oxygen atoms in total. The number of nitrogens with zero attached hydrogens (tertiary/aromatic N) is 4. The molecule has 1 aromatic carbocycles. The molecule has 0 radical (unpaired) electrons. The fraction of sp³-hybridized carbons (Fsp3) is 0.393. The molecule has 2 aliphatic rings. The summed E-state index contributed by atoms with van der Waals surface area (Å²) in [5, 5.41) is 19.4. The van der Waals surface area contributed by atoms with Gasteiger partial charge >= 0.3 is 0 Å². The summed E-state index contributed by atoms with van der Waals surface area (Å²) in [6, 6.07) is 9.73. The maximum Gasteiger partial charge on any atom is 0.235 e. The van der Waals surface area contributed by atoms with E-state index in [0.717, 1.165) is 33.8 Å². The van der Waals surface area contributed by atoms with Gasteiger partial charge in [-0.25, -0.2) is 0 Å². The molecule has 0 spiro atoms. The Morgan fingerprint density at radius 3 is 2.41 bits per heavy atom. The van der Waals surface area contributed by atoms with E-state index in [4.69, 9.17) is 4.74 Å². The van der Waals surface area contributed by atoms with Crippen molar-refractivity contribution < 1.29 is 9.53 Å². The highest BCUT2D eigenvalue weighted by Gasteiger charge is 2.49. The van der Waals surface area contributed by atoms with Gasteiger partial charge in [-0.15, -0.1) is 10.2 Å². The zero-order valence-electron chi connectivity index (χ0n) is 21.3. The number of aryl methyl sites for hydroxylation is 2. The van der Waals surface area contributed by atoms with Gasteiger partial charge in [0.15, 0.2) is 5.82 Å². The summed E-state index contributed by atoms with van der Waals surface area (Å²) in [4.78, 5) is 21.4. The number of rotatable bonds is 9. The van der Waals surface area contributed by atoms with E-state index in [1.165, 1.54) is 25.7 Å². The van der Waals surface area contributed by atoms with E-state index in [-0.39, 0.29) is 11.8 Å². The predicted molar refractivity (Wildman–Crippen MR) is 140 cm³/mol. The summed E-state index contributed by atoms with van der Waals surface area (Å²) in [6.45, 7) is 4.00. The molecule has 0 aliphatic heterocycles.